The van der Waals surface area contributed by atoms with E-state index >= 15 is 0 Å². The van der Waals surface area contributed by atoms with Crippen LogP contribution in [0, 0.1) is 0 Å². The van der Waals surface area contributed by atoms with Gasteiger partial charge in [-0.25, -0.2) is 9.67 Å². The zero-order valence-corrected chi connectivity index (χ0v) is 17.4. The van der Waals surface area contributed by atoms with Crippen LogP contribution in [0.1, 0.15) is 50.0 Å². The van der Waals surface area contributed by atoms with E-state index in [0.717, 1.165) is 34.9 Å². The molecule has 0 aliphatic rings. The Bertz CT molecular complexity index is 1180. The van der Waals surface area contributed by atoms with Gasteiger partial charge in [-0.05, 0) is 41.7 Å². The maximum atomic E-state index is 12.9. The number of hydrogen-bond donors (Lipinski definition) is 1. The Labute approximate surface area is 170 Å². The first kappa shape index (κ1) is 19.1. The highest BCUT2D eigenvalue weighted by molar-refractivity contribution is 6.08. The predicted octanol–water partition coefficient (Wildman–Crippen LogP) is 5.54. The molecule has 5 nitrogen and oxygen atoms in total. The number of nitrogens with one attached hydrogen (secondary N) is 1. The van der Waals surface area contributed by atoms with E-state index < -0.39 is 0 Å². The molecule has 0 saturated carbocycles. The molecule has 2 aromatic heterocycles. The average Bonchev–Trinajstić information content (AvgIpc) is 3.02. The van der Waals surface area contributed by atoms with Crippen molar-refractivity contribution in [1.82, 2.24) is 14.8 Å². The van der Waals surface area contributed by atoms with Crippen molar-refractivity contribution in [3.63, 3.8) is 0 Å². The van der Waals surface area contributed by atoms with Gasteiger partial charge in [0.25, 0.3) is 5.91 Å². The van der Waals surface area contributed by atoms with Crippen LogP contribution in [0.15, 0.2) is 54.6 Å². The van der Waals surface area contributed by atoms with Gasteiger partial charge in [-0.2, -0.15) is 5.10 Å². The topological polar surface area (TPSA) is 59.8 Å². The number of nitrogens with zero attached hydrogens (tertiary/aromatic N) is 3. The molecular formula is C24H26N4O. The molecule has 0 bridgehead atoms. The second-order valence-electron chi connectivity index (χ2n) is 8.41. The Kier molecular flexibility index (Phi) is 4.82. The Balaban J connectivity index is 1.71. The van der Waals surface area contributed by atoms with E-state index in [1.807, 2.05) is 53.2 Å². The molecule has 4 rings (SSSR count). The van der Waals surface area contributed by atoms with Gasteiger partial charge in [0.05, 0.1) is 10.9 Å². The molecule has 0 fully saturated rings. The average molecular weight is 386 g/mol. The number of aromatic nitrogens is 3. The smallest absolute Gasteiger partial charge is 0.256 e. The van der Waals surface area contributed by atoms with Crippen LogP contribution in [-0.4, -0.2) is 20.7 Å². The molecule has 1 amide bonds. The van der Waals surface area contributed by atoms with Crippen molar-refractivity contribution in [3.8, 4) is 0 Å². The van der Waals surface area contributed by atoms with Crippen LogP contribution in [0.25, 0.3) is 21.9 Å². The van der Waals surface area contributed by atoms with Gasteiger partial charge in [0.1, 0.15) is 0 Å². The molecule has 0 unspecified atom stereocenters. The summed E-state index contributed by atoms with van der Waals surface area (Å²) >= 11 is 0. The highest BCUT2D eigenvalue weighted by Gasteiger charge is 2.17. The molecule has 0 aliphatic carbocycles. The van der Waals surface area contributed by atoms with Gasteiger partial charge >= 0.3 is 0 Å². The van der Waals surface area contributed by atoms with Crippen molar-refractivity contribution in [1.29, 1.82) is 0 Å². The summed E-state index contributed by atoms with van der Waals surface area (Å²) in [6, 6.07) is 17.8. The minimum Gasteiger partial charge on any atom is -0.305 e. The number of carbonyl (C=O) groups is 1. The minimum absolute atomic E-state index is 0.0524. The lowest BCUT2D eigenvalue weighted by Crippen LogP contribution is -2.15. The highest BCUT2D eigenvalue weighted by atomic mass is 16.1. The summed E-state index contributed by atoms with van der Waals surface area (Å²) in [4.78, 5) is 17.7. The van der Waals surface area contributed by atoms with Gasteiger partial charge in [0.2, 0.25) is 0 Å². The molecule has 2 aromatic carbocycles. The molecule has 0 aliphatic heterocycles. The lowest BCUT2D eigenvalue weighted by atomic mass is 9.87. The largest absolute Gasteiger partial charge is 0.305 e. The SMILES string of the molecule is CCCn1nc(NC(=O)c2ccc(C(C)(C)C)cc2)c2cc3ccccc3nc21. The summed E-state index contributed by atoms with van der Waals surface area (Å²) < 4.78 is 1.88. The van der Waals surface area contributed by atoms with Gasteiger partial charge < -0.3 is 5.32 Å². The van der Waals surface area contributed by atoms with Crippen molar-refractivity contribution in [2.45, 2.75) is 46.1 Å². The summed E-state index contributed by atoms with van der Waals surface area (Å²) in [6.45, 7) is 9.32. The van der Waals surface area contributed by atoms with Crippen LogP contribution in [0.4, 0.5) is 5.82 Å². The first-order chi connectivity index (χ1) is 13.9. The van der Waals surface area contributed by atoms with E-state index in [1.54, 1.807) is 0 Å². The lowest BCUT2D eigenvalue weighted by molar-refractivity contribution is 0.102. The van der Waals surface area contributed by atoms with Crippen LogP contribution < -0.4 is 5.32 Å². The van der Waals surface area contributed by atoms with Crippen molar-refractivity contribution >= 4 is 33.7 Å². The number of para-hydroxylation sites is 1. The minimum atomic E-state index is -0.165. The third-order valence-corrected chi connectivity index (χ3v) is 5.10. The number of carbonyl (C=O) groups excluding carboxylic acids is 1. The number of benzene rings is 2. The van der Waals surface area contributed by atoms with Crippen LogP contribution in [0.3, 0.4) is 0 Å². The number of rotatable bonds is 4. The van der Waals surface area contributed by atoms with E-state index in [4.69, 9.17) is 4.98 Å². The van der Waals surface area contributed by atoms with Crippen LogP contribution in [0.5, 0.6) is 0 Å². The maximum Gasteiger partial charge on any atom is 0.256 e. The maximum absolute atomic E-state index is 12.9. The standard InChI is InChI=1S/C24H26N4O/c1-5-14-28-22-19(15-17-8-6-7-9-20(17)25-22)21(27-28)26-23(29)16-10-12-18(13-11-16)24(2,3)4/h6-13,15H,5,14H2,1-4H3,(H,26,27,29). The molecular weight excluding hydrogens is 360 g/mol. The highest BCUT2D eigenvalue weighted by Crippen LogP contribution is 2.27. The van der Waals surface area contributed by atoms with Gasteiger partial charge in [-0.15, -0.1) is 0 Å². The summed E-state index contributed by atoms with van der Waals surface area (Å²) in [7, 11) is 0. The Morgan fingerprint density at radius 2 is 1.79 bits per heavy atom. The van der Waals surface area contributed by atoms with Crippen LogP contribution in [-0.2, 0) is 12.0 Å². The van der Waals surface area contributed by atoms with Crippen molar-refractivity contribution in [2.75, 3.05) is 5.32 Å². The van der Waals surface area contributed by atoms with E-state index in [0.29, 0.717) is 11.4 Å². The number of anilines is 1. The fourth-order valence-electron chi connectivity index (χ4n) is 3.46. The van der Waals surface area contributed by atoms with Gasteiger partial charge in [0, 0.05) is 17.5 Å². The summed E-state index contributed by atoms with van der Waals surface area (Å²) in [5.41, 5.74) is 3.58. The van der Waals surface area contributed by atoms with Gasteiger partial charge in [-0.3, -0.25) is 4.79 Å². The van der Waals surface area contributed by atoms with Crippen molar-refractivity contribution in [2.24, 2.45) is 0 Å². The first-order valence-electron chi connectivity index (χ1n) is 10.0. The van der Waals surface area contributed by atoms with E-state index in [9.17, 15) is 4.79 Å². The third kappa shape index (κ3) is 3.73. The molecule has 4 aromatic rings. The van der Waals surface area contributed by atoms with E-state index in [-0.39, 0.29) is 11.3 Å². The number of amides is 1. The molecule has 0 radical (unpaired) electrons. The molecule has 0 saturated heterocycles. The van der Waals surface area contributed by atoms with Gasteiger partial charge in [-0.1, -0.05) is 58.0 Å². The fraction of sp³-hybridized carbons (Fsp3) is 0.292. The quantitative estimate of drug-likeness (QED) is 0.501. The monoisotopic (exact) mass is 386 g/mol. The summed E-state index contributed by atoms with van der Waals surface area (Å²) in [5.74, 6) is 0.387. The summed E-state index contributed by atoms with van der Waals surface area (Å²) in [6.07, 6.45) is 0.937. The Hall–Kier alpha value is -3.21. The molecule has 2 heterocycles. The third-order valence-electron chi connectivity index (χ3n) is 5.10. The van der Waals surface area contributed by atoms with Crippen molar-refractivity contribution < 1.29 is 4.79 Å². The van der Waals surface area contributed by atoms with E-state index in [2.05, 4.69) is 44.2 Å². The summed E-state index contributed by atoms with van der Waals surface area (Å²) in [5, 5.41) is 9.53. The molecule has 29 heavy (non-hydrogen) atoms. The molecule has 0 spiro atoms. The molecule has 1 N–H and O–H groups in total. The number of pyridine rings is 1. The second-order valence-corrected chi connectivity index (χ2v) is 8.41. The first-order valence-corrected chi connectivity index (χ1v) is 10.0. The fourth-order valence-corrected chi connectivity index (χ4v) is 3.46. The number of aryl methyl sites for hydroxylation is 1. The number of hydrogen-bond acceptors (Lipinski definition) is 3. The van der Waals surface area contributed by atoms with E-state index in [1.165, 1.54) is 5.56 Å². The molecule has 148 valence electrons. The van der Waals surface area contributed by atoms with Gasteiger partial charge in [0.15, 0.2) is 11.5 Å². The normalized spacial score (nSPS) is 11.9. The van der Waals surface area contributed by atoms with Crippen LogP contribution in [0.2, 0.25) is 0 Å². The Morgan fingerprint density at radius 1 is 1.07 bits per heavy atom. The predicted molar refractivity (Wildman–Crippen MR) is 118 cm³/mol. The zero-order chi connectivity index (χ0) is 20.6. The lowest BCUT2D eigenvalue weighted by Gasteiger charge is -2.18. The van der Waals surface area contributed by atoms with Crippen LogP contribution >= 0.6 is 0 Å². The molecule has 0 atom stereocenters. The Morgan fingerprint density at radius 3 is 2.48 bits per heavy atom. The zero-order valence-electron chi connectivity index (χ0n) is 17.4. The second kappa shape index (κ2) is 7.32. The number of fused-ring (bicyclic) bond motifs is 2. The van der Waals surface area contributed by atoms with Crippen molar-refractivity contribution in [3.05, 3.63) is 65.7 Å². The molecule has 5 heteroatoms.